The maximum absolute atomic E-state index is 14.4. The number of hydrogen-bond donors (Lipinski definition) is 2. The molecular weight excluding hydrogens is 613 g/mol. The van der Waals surface area contributed by atoms with Gasteiger partial charge in [-0.25, -0.2) is 14.4 Å². The number of alkyl halides is 3. The monoisotopic (exact) mass is 640 g/mol. The second kappa shape index (κ2) is 12.1. The summed E-state index contributed by atoms with van der Waals surface area (Å²) in [5.41, 5.74) is -7.15. The fraction of sp³-hybridized carbons (Fsp3) is 0.379. The van der Waals surface area contributed by atoms with E-state index in [0.717, 1.165) is 38.1 Å². The van der Waals surface area contributed by atoms with Gasteiger partial charge in [0.1, 0.15) is 16.7 Å². The number of carbonyl (C=O) groups is 3. The van der Waals surface area contributed by atoms with Crippen LogP contribution >= 0.6 is 11.8 Å². The van der Waals surface area contributed by atoms with Crippen LogP contribution in [0.2, 0.25) is 0 Å². The number of methoxy groups -OCH3 is 3. The Labute approximate surface area is 251 Å². The number of ether oxygens (including phenoxy) is 4. The number of aryl methyl sites for hydroxylation is 1. The van der Waals surface area contributed by atoms with Gasteiger partial charge in [-0.1, -0.05) is 42.1 Å². The number of carbonyl (C=O) groups excluding carboxylic acids is 3. The first kappa shape index (κ1) is 32.8. The molecule has 15 heteroatoms. The third-order valence-electron chi connectivity index (χ3n) is 7.27. The maximum atomic E-state index is 14.4. The van der Waals surface area contributed by atoms with Crippen LogP contribution in [-0.2, 0) is 45.4 Å². The average molecular weight is 641 g/mol. The zero-order valence-corrected chi connectivity index (χ0v) is 24.5. The average Bonchev–Trinajstić information content (AvgIpc) is 3.41. The standard InChI is InChI=1S/C29H27F3O11S/c1-14-10-17(33)21-18(11-14)42-24-16(22(21)34)12-20(44-24)27(38,25(36)40-3)13-19(23(35)39-2)43-26(37)28(41-4,29(30,31)32)15-8-6-5-7-9-15/h5-11,19-20,33,38H,12-13H2,1-4H3/t19-,20+,27-,28+/m1/s1. The van der Waals surface area contributed by atoms with Gasteiger partial charge >= 0.3 is 24.1 Å². The number of halogens is 3. The smallest absolute Gasteiger partial charge is 0.432 e. The van der Waals surface area contributed by atoms with Gasteiger partial charge in [-0.2, -0.15) is 13.2 Å². The van der Waals surface area contributed by atoms with Crippen LogP contribution in [0, 0.1) is 6.92 Å². The lowest BCUT2D eigenvalue weighted by Gasteiger charge is -2.35. The topological polar surface area (TPSA) is 159 Å². The van der Waals surface area contributed by atoms with Gasteiger partial charge in [-0.15, -0.1) is 0 Å². The maximum Gasteiger partial charge on any atom is 0.432 e. The van der Waals surface area contributed by atoms with Crippen LogP contribution in [0.4, 0.5) is 13.2 Å². The molecule has 0 fully saturated rings. The number of fused-ring (bicyclic) bond motifs is 2. The zero-order valence-electron chi connectivity index (χ0n) is 23.7. The highest BCUT2D eigenvalue weighted by molar-refractivity contribution is 8.00. The Morgan fingerprint density at radius 2 is 1.73 bits per heavy atom. The summed E-state index contributed by atoms with van der Waals surface area (Å²) in [6.45, 7) is 1.65. The zero-order chi connectivity index (χ0) is 32.6. The van der Waals surface area contributed by atoms with Crippen molar-refractivity contribution < 1.29 is 61.1 Å². The van der Waals surface area contributed by atoms with E-state index >= 15 is 0 Å². The molecule has 2 N–H and O–H groups in total. The number of rotatable bonds is 9. The van der Waals surface area contributed by atoms with Gasteiger partial charge in [0.05, 0.1) is 25.0 Å². The molecule has 1 aliphatic heterocycles. The molecule has 0 spiro atoms. The van der Waals surface area contributed by atoms with E-state index in [1.165, 1.54) is 30.3 Å². The minimum atomic E-state index is -5.39. The number of esters is 3. The van der Waals surface area contributed by atoms with E-state index in [4.69, 9.17) is 18.6 Å². The molecule has 236 valence electrons. The molecule has 2 aromatic carbocycles. The first-order valence-electron chi connectivity index (χ1n) is 12.9. The van der Waals surface area contributed by atoms with Crippen LogP contribution in [0.1, 0.15) is 23.1 Å². The Morgan fingerprint density at radius 1 is 1.07 bits per heavy atom. The summed E-state index contributed by atoms with van der Waals surface area (Å²) in [5, 5.41) is 20.6. The molecule has 11 nitrogen and oxygen atoms in total. The number of hydrogen-bond acceptors (Lipinski definition) is 12. The normalized spacial score (nSPS) is 18.0. The van der Waals surface area contributed by atoms with Gasteiger partial charge in [-0.3, -0.25) is 4.79 Å². The molecule has 4 atom stereocenters. The van der Waals surface area contributed by atoms with E-state index < -0.39 is 64.1 Å². The number of aliphatic hydroxyl groups is 1. The van der Waals surface area contributed by atoms with E-state index in [9.17, 15) is 42.6 Å². The summed E-state index contributed by atoms with van der Waals surface area (Å²) in [7, 11) is 2.39. The first-order chi connectivity index (χ1) is 20.6. The Bertz CT molecular complexity index is 1660. The van der Waals surface area contributed by atoms with Crippen LogP contribution in [0.3, 0.4) is 0 Å². The molecule has 3 aromatic rings. The predicted octanol–water partition coefficient (Wildman–Crippen LogP) is 3.31. The molecular formula is C29H27F3O11S. The summed E-state index contributed by atoms with van der Waals surface area (Å²) in [5.74, 6) is -5.17. The van der Waals surface area contributed by atoms with Crippen LogP contribution in [0.25, 0.3) is 11.0 Å². The molecule has 0 radical (unpaired) electrons. The van der Waals surface area contributed by atoms with Crippen LogP contribution in [-0.4, -0.2) is 72.6 Å². The van der Waals surface area contributed by atoms with E-state index in [1.54, 1.807) is 6.92 Å². The molecule has 1 aromatic heterocycles. The van der Waals surface area contributed by atoms with Gasteiger partial charge in [0.15, 0.2) is 10.7 Å². The number of thioether (sulfide) groups is 1. The van der Waals surface area contributed by atoms with Crippen molar-refractivity contribution >= 4 is 40.6 Å². The van der Waals surface area contributed by atoms with E-state index in [0.29, 0.717) is 12.7 Å². The van der Waals surface area contributed by atoms with Crippen LogP contribution < -0.4 is 5.43 Å². The third-order valence-corrected chi connectivity index (χ3v) is 8.65. The second-order valence-electron chi connectivity index (χ2n) is 9.95. The highest BCUT2D eigenvalue weighted by Crippen LogP contribution is 2.46. The third kappa shape index (κ3) is 5.50. The molecule has 4 rings (SSSR count). The predicted molar refractivity (Wildman–Crippen MR) is 147 cm³/mol. The Morgan fingerprint density at radius 3 is 2.30 bits per heavy atom. The number of phenols is 1. The molecule has 0 bridgehead atoms. The van der Waals surface area contributed by atoms with Crippen molar-refractivity contribution in [1.82, 2.24) is 0 Å². The van der Waals surface area contributed by atoms with Crippen LogP contribution in [0.5, 0.6) is 5.75 Å². The van der Waals surface area contributed by atoms with E-state index in [2.05, 4.69) is 4.74 Å². The summed E-state index contributed by atoms with van der Waals surface area (Å²) < 4.78 is 68.2. The highest BCUT2D eigenvalue weighted by Gasteiger charge is 2.65. The second-order valence-corrected chi connectivity index (χ2v) is 11.1. The first-order valence-corrected chi connectivity index (χ1v) is 13.8. The van der Waals surface area contributed by atoms with Crippen LogP contribution in [0.15, 0.2) is 56.8 Å². The van der Waals surface area contributed by atoms with Crippen molar-refractivity contribution in [2.24, 2.45) is 0 Å². The molecule has 1 aliphatic rings. The van der Waals surface area contributed by atoms with Gasteiger partial charge in [0.25, 0.3) is 5.60 Å². The van der Waals surface area contributed by atoms with Gasteiger partial charge in [-0.05, 0) is 31.0 Å². The lowest BCUT2D eigenvalue weighted by molar-refractivity contribution is -0.279. The van der Waals surface area contributed by atoms with Crippen molar-refractivity contribution in [3.05, 3.63) is 69.4 Å². The Hall–Kier alpha value is -4.08. The lowest BCUT2D eigenvalue weighted by Crippen LogP contribution is -2.56. The summed E-state index contributed by atoms with van der Waals surface area (Å²) >= 11 is 0.722. The fourth-order valence-corrected chi connectivity index (χ4v) is 6.40. The summed E-state index contributed by atoms with van der Waals surface area (Å²) in [6, 6.07) is 8.64. The molecule has 0 amide bonds. The highest BCUT2D eigenvalue weighted by atomic mass is 32.2. The fourth-order valence-electron chi connectivity index (χ4n) is 5.05. The molecule has 2 heterocycles. The largest absolute Gasteiger partial charge is 0.507 e. The number of aromatic hydroxyl groups is 1. The number of benzene rings is 2. The Kier molecular flexibility index (Phi) is 9.05. The number of phenolic OH excluding ortho intramolecular Hbond substituents is 1. The molecule has 44 heavy (non-hydrogen) atoms. The van der Waals surface area contributed by atoms with Crippen molar-refractivity contribution in [2.75, 3.05) is 21.3 Å². The molecule has 0 aliphatic carbocycles. The quantitative estimate of drug-likeness (QED) is 0.260. The van der Waals surface area contributed by atoms with E-state index in [-0.39, 0.29) is 33.8 Å². The summed E-state index contributed by atoms with van der Waals surface area (Å²) in [4.78, 5) is 52.3. The van der Waals surface area contributed by atoms with Crippen molar-refractivity contribution in [3.63, 3.8) is 0 Å². The van der Waals surface area contributed by atoms with Gasteiger partial charge in [0.2, 0.25) is 11.5 Å². The van der Waals surface area contributed by atoms with E-state index in [1.807, 2.05) is 0 Å². The Balaban J connectivity index is 1.74. The molecule has 0 saturated carbocycles. The summed E-state index contributed by atoms with van der Waals surface area (Å²) in [6.07, 6.45) is -9.15. The van der Waals surface area contributed by atoms with Crippen molar-refractivity contribution in [1.29, 1.82) is 0 Å². The molecule has 0 saturated heterocycles. The van der Waals surface area contributed by atoms with Gasteiger partial charge < -0.3 is 33.6 Å². The van der Waals surface area contributed by atoms with Gasteiger partial charge in [0, 0.05) is 19.1 Å². The molecule has 0 unspecified atom stereocenters. The minimum Gasteiger partial charge on any atom is -0.507 e. The SMILES string of the molecule is COC(=O)[C@@H](C[C@](O)(C(=O)OC)[C@@H]1Cc2c(oc3cc(C)cc(O)c3c2=O)S1)OC(=O)[C@@](OC)(c1ccccc1)C(F)(F)F. The minimum absolute atomic E-state index is 0.00834. The van der Waals surface area contributed by atoms with Crippen molar-refractivity contribution in [2.45, 2.75) is 53.6 Å². The van der Waals surface area contributed by atoms with Crippen molar-refractivity contribution in [3.8, 4) is 5.75 Å². The lowest BCUT2D eigenvalue weighted by atomic mass is 9.88.